The fourth-order valence-electron chi connectivity index (χ4n) is 1.34. The van der Waals surface area contributed by atoms with Crippen molar-refractivity contribution in [3.05, 3.63) is 29.8 Å². The molecule has 0 aliphatic heterocycles. The zero-order chi connectivity index (χ0) is 12.0. The van der Waals surface area contributed by atoms with Gasteiger partial charge in [-0.25, -0.2) is 0 Å². The minimum atomic E-state index is -1.83. The Morgan fingerprint density at radius 2 is 2.00 bits per heavy atom. The molecular formula is C11H14O4P+. The molecule has 0 radical (unpaired) electrons. The van der Waals surface area contributed by atoms with Gasteiger partial charge in [0.1, 0.15) is 0 Å². The van der Waals surface area contributed by atoms with Crippen LogP contribution in [0.4, 0.5) is 0 Å². The van der Waals surface area contributed by atoms with Gasteiger partial charge in [0.2, 0.25) is 5.30 Å². The first kappa shape index (κ1) is 12.8. The van der Waals surface area contributed by atoms with Crippen LogP contribution in [0, 0.1) is 0 Å². The molecule has 1 aromatic rings. The molecule has 5 heteroatoms. The molecule has 0 bridgehead atoms. The summed E-state index contributed by atoms with van der Waals surface area (Å²) in [6.45, 7) is 0. The number of hydrogen-bond acceptors (Lipinski definition) is 4. The Morgan fingerprint density at radius 3 is 2.62 bits per heavy atom. The molecule has 0 spiro atoms. The number of hydrogen-bond donors (Lipinski definition) is 0. The van der Waals surface area contributed by atoms with Crippen LogP contribution in [-0.2, 0) is 25.0 Å². The van der Waals surface area contributed by atoms with Crippen molar-refractivity contribution < 1.29 is 18.6 Å². The monoisotopic (exact) mass is 241 g/mol. The van der Waals surface area contributed by atoms with E-state index in [9.17, 15) is 9.36 Å². The van der Waals surface area contributed by atoms with Crippen molar-refractivity contribution in [1.29, 1.82) is 0 Å². The van der Waals surface area contributed by atoms with E-state index in [1.54, 1.807) is 12.1 Å². The topological polar surface area (TPSA) is 52.6 Å². The average Bonchev–Trinajstić information content (AvgIpc) is 2.35. The van der Waals surface area contributed by atoms with E-state index in [-0.39, 0.29) is 12.4 Å². The Labute approximate surface area is 95.4 Å². The van der Waals surface area contributed by atoms with Crippen LogP contribution >= 0.6 is 8.03 Å². The van der Waals surface area contributed by atoms with Crippen LogP contribution in [0.2, 0.25) is 0 Å². The highest BCUT2D eigenvalue weighted by Crippen LogP contribution is 2.22. The SMILES string of the molecule is COC(=O)CCc1ccccc1[P+](=O)OC. The van der Waals surface area contributed by atoms with Crippen LogP contribution in [0.25, 0.3) is 0 Å². The smallest absolute Gasteiger partial charge is 0.469 e. The molecule has 16 heavy (non-hydrogen) atoms. The summed E-state index contributed by atoms with van der Waals surface area (Å²) >= 11 is 0. The van der Waals surface area contributed by atoms with Crippen molar-refractivity contribution in [2.45, 2.75) is 12.8 Å². The number of aryl methyl sites for hydroxylation is 1. The van der Waals surface area contributed by atoms with E-state index >= 15 is 0 Å². The van der Waals surface area contributed by atoms with Gasteiger partial charge in [-0.2, -0.15) is 0 Å². The fraction of sp³-hybridized carbons (Fsp3) is 0.364. The third-order valence-corrected chi connectivity index (χ3v) is 3.34. The van der Waals surface area contributed by atoms with Crippen LogP contribution in [0.1, 0.15) is 12.0 Å². The van der Waals surface area contributed by atoms with Crippen molar-refractivity contribution >= 4 is 19.3 Å². The molecule has 0 heterocycles. The second kappa shape index (κ2) is 6.36. The number of ether oxygens (including phenoxy) is 1. The van der Waals surface area contributed by atoms with Crippen molar-refractivity contribution in [3.63, 3.8) is 0 Å². The maximum atomic E-state index is 11.6. The third kappa shape index (κ3) is 3.40. The Morgan fingerprint density at radius 1 is 1.31 bits per heavy atom. The second-order valence-electron chi connectivity index (χ2n) is 3.14. The molecule has 0 saturated heterocycles. The van der Waals surface area contributed by atoms with E-state index in [0.717, 1.165) is 5.56 Å². The highest BCUT2D eigenvalue weighted by molar-refractivity contribution is 7.48. The Bertz CT molecular complexity index is 389. The molecule has 0 amide bonds. The van der Waals surface area contributed by atoms with Crippen LogP contribution in [0.3, 0.4) is 0 Å². The summed E-state index contributed by atoms with van der Waals surface area (Å²) < 4.78 is 20.9. The van der Waals surface area contributed by atoms with Crippen molar-refractivity contribution in [2.75, 3.05) is 14.2 Å². The third-order valence-electron chi connectivity index (χ3n) is 2.18. The van der Waals surface area contributed by atoms with Gasteiger partial charge in [-0.15, -0.1) is 4.52 Å². The zero-order valence-corrected chi connectivity index (χ0v) is 10.2. The fourth-order valence-corrected chi connectivity index (χ4v) is 2.16. The highest BCUT2D eigenvalue weighted by Gasteiger charge is 2.24. The summed E-state index contributed by atoms with van der Waals surface area (Å²) in [4.78, 5) is 11.0. The summed E-state index contributed by atoms with van der Waals surface area (Å²) in [7, 11) is 0.918. The maximum absolute atomic E-state index is 11.6. The molecule has 0 aromatic heterocycles. The van der Waals surface area contributed by atoms with E-state index in [0.29, 0.717) is 11.7 Å². The molecule has 0 fully saturated rings. The lowest BCUT2D eigenvalue weighted by atomic mass is 10.1. The predicted octanol–water partition coefficient (Wildman–Crippen LogP) is 1.81. The molecule has 4 nitrogen and oxygen atoms in total. The van der Waals surface area contributed by atoms with Crippen molar-refractivity contribution in [3.8, 4) is 0 Å². The normalized spacial score (nSPS) is 11.0. The molecule has 0 saturated carbocycles. The van der Waals surface area contributed by atoms with Crippen LogP contribution in [0.15, 0.2) is 24.3 Å². The van der Waals surface area contributed by atoms with Crippen LogP contribution < -0.4 is 5.30 Å². The van der Waals surface area contributed by atoms with E-state index in [1.807, 2.05) is 12.1 Å². The summed E-state index contributed by atoms with van der Waals surface area (Å²) in [5, 5.41) is 0.643. The molecule has 0 aliphatic rings. The molecule has 1 rings (SSSR count). The summed E-state index contributed by atoms with van der Waals surface area (Å²) in [6, 6.07) is 7.22. The van der Waals surface area contributed by atoms with Crippen LogP contribution in [0.5, 0.6) is 0 Å². The quantitative estimate of drug-likeness (QED) is 0.582. The van der Waals surface area contributed by atoms with Crippen LogP contribution in [-0.4, -0.2) is 20.2 Å². The molecular weight excluding hydrogens is 227 g/mol. The standard InChI is InChI=1S/C11H14O4P/c1-14-11(12)8-7-9-5-3-4-6-10(9)16(13)15-2/h3-6H,7-8H2,1-2H3/q+1. The number of methoxy groups -OCH3 is 1. The number of carbonyl (C=O) groups is 1. The molecule has 0 N–H and O–H groups in total. The number of benzene rings is 1. The zero-order valence-electron chi connectivity index (χ0n) is 9.30. The number of carbonyl (C=O) groups excluding carboxylic acids is 1. The second-order valence-corrected chi connectivity index (χ2v) is 4.51. The van der Waals surface area contributed by atoms with E-state index < -0.39 is 8.03 Å². The summed E-state index contributed by atoms with van der Waals surface area (Å²) in [5.41, 5.74) is 0.857. The molecule has 1 atom stereocenters. The van der Waals surface area contributed by atoms with Crippen molar-refractivity contribution in [2.24, 2.45) is 0 Å². The lowest BCUT2D eigenvalue weighted by Gasteiger charge is -2.00. The first-order valence-electron chi connectivity index (χ1n) is 4.85. The van der Waals surface area contributed by atoms with E-state index in [2.05, 4.69) is 4.74 Å². The lowest BCUT2D eigenvalue weighted by Crippen LogP contribution is -2.09. The molecule has 1 aromatic carbocycles. The summed E-state index contributed by atoms with van der Waals surface area (Å²) in [5.74, 6) is -0.276. The minimum Gasteiger partial charge on any atom is -0.469 e. The Kier molecular flexibility index (Phi) is 5.09. The Hall–Kier alpha value is -1.25. The van der Waals surface area contributed by atoms with E-state index in [4.69, 9.17) is 4.52 Å². The minimum absolute atomic E-state index is 0.276. The van der Waals surface area contributed by atoms with Gasteiger partial charge in [0.15, 0.2) is 0 Å². The Balaban J connectivity index is 2.79. The predicted molar refractivity (Wildman–Crippen MR) is 61.0 cm³/mol. The number of esters is 1. The molecule has 86 valence electrons. The molecule has 0 aliphatic carbocycles. The van der Waals surface area contributed by atoms with E-state index in [1.165, 1.54) is 14.2 Å². The van der Waals surface area contributed by atoms with Gasteiger partial charge in [0, 0.05) is 12.0 Å². The van der Waals surface area contributed by atoms with Gasteiger partial charge in [-0.1, -0.05) is 18.2 Å². The first-order chi connectivity index (χ1) is 7.69. The van der Waals surface area contributed by atoms with Gasteiger partial charge < -0.3 is 4.74 Å². The van der Waals surface area contributed by atoms with Gasteiger partial charge in [-0.3, -0.25) is 4.79 Å². The summed E-state index contributed by atoms with van der Waals surface area (Å²) in [6.07, 6.45) is 0.785. The van der Waals surface area contributed by atoms with Crippen molar-refractivity contribution in [1.82, 2.24) is 0 Å². The lowest BCUT2D eigenvalue weighted by molar-refractivity contribution is -0.140. The van der Waals surface area contributed by atoms with Gasteiger partial charge in [0.05, 0.1) is 14.2 Å². The average molecular weight is 241 g/mol. The number of rotatable bonds is 5. The largest absolute Gasteiger partial charge is 0.548 e. The first-order valence-corrected chi connectivity index (χ1v) is 6.03. The van der Waals surface area contributed by atoms with Gasteiger partial charge >= 0.3 is 14.0 Å². The van der Waals surface area contributed by atoms with Gasteiger partial charge in [0.25, 0.3) is 0 Å². The maximum Gasteiger partial charge on any atom is 0.548 e. The van der Waals surface area contributed by atoms with Gasteiger partial charge in [-0.05, 0) is 17.1 Å². The molecule has 1 unspecified atom stereocenters. The highest BCUT2D eigenvalue weighted by atomic mass is 31.1.